The molecule has 2 rings (SSSR count). The van der Waals surface area contributed by atoms with Crippen LogP contribution in [-0.2, 0) is 43.9 Å². The third-order valence-electron chi connectivity index (χ3n) is 9.55. The number of methoxy groups -OCH3 is 1. The van der Waals surface area contributed by atoms with Gasteiger partial charge < -0.3 is 38.0 Å². The maximum absolute atomic E-state index is 12.7. The van der Waals surface area contributed by atoms with E-state index in [0.29, 0.717) is 17.4 Å². The van der Waals surface area contributed by atoms with Gasteiger partial charge in [-0.05, 0) is 41.3 Å². The van der Waals surface area contributed by atoms with Crippen LogP contribution >= 0.6 is 7.82 Å². The molecule has 2 aromatic rings. The van der Waals surface area contributed by atoms with E-state index >= 15 is 0 Å². The van der Waals surface area contributed by atoms with Crippen LogP contribution in [0.5, 0.6) is 5.75 Å². The fraction of sp³-hybridized carbons (Fsp3) is 0.698. The summed E-state index contributed by atoms with van der Waals surface area (Å²) in [6, 6.07) is 11.4. The molecule has 0 heterocycles. The number of hydrogen-bond donors (Lipinski definition) is 1. The zero-order chi connectivity index (χ0) is 41.1. The molecule has 0 aliphatic carbocycles. The standard InChI is InChI=1S/C43H71N2O10P/c1-6-7-8-9-10-11-12-13-14-15-16-17-18-19-20-25-42(47)52-34-39(35-54-56(49,50)53-31-30-45(2,3)4)55-43(48)26-22-29-44-41(46)33-37-24-21-23-36-32-38(51-5)27-28-40(36)37/h21,23-24,27-28,32,39H,6-20,22,25-26,29-31,33-35H2,1-5H3,(H-,44,46,49,50)/t39-/m1/s1. The summed E-state index contributed by atoms with van der Waals surface area (Å²) in [7, 11) is 2.61. The second-order valence-electron chi connectivity index (χ2n) is 15.7. The number of carbonyl (C=O) groups is 3. The molecule has 0 radical (unpaired) electrons. The Morgan fingerprint density at radius 1 is 0.768 bits per heavy atom. The van der Waals surface area contributed by atoms with Gasteiger partial charge in [-0.3, -0.25) is 18.9 Å². The van der Waals surface area contributed by atoms with Crippen molar-refractivity contribution in [1.82, 2.24) is 5.32 Å². The first-order valence-electron chi connectivity index (χ1n) is 20.9. The van der Waals surface area contributed by atoms with Gasteiger partial charge in [0, 0.05) is 19.4 Å². The fourth-order valence-corrected chi connectivity index (χ4v) is 6.93. The van der Waals surface area contributed by atoms with Crippen LogP contribution in [0.4, 0.5) is 0 Å². The van der Waals surface area contributed by atoms with E-state index < -0.39 is 32.5 Å². The van der Waals surface area contributed by atoms with Crippen LogP contribution in [0.1, 0.15) is 128 Å². The molecule has 12 nitrogen and oxygen atoms in total. The minimum absolute atomic E-state index is 0.0487. The Labute approximate surface area is 336 Å². The number of quaternary nitrogens is 1. The second-order valence-corrected chi connectivity index (χ2v) is 17.1. The molecule has 0 aliphatic heterocycles. The summed E-state index contributed by atoms with van der Waals surface area (Å²) in [6.07, 6.45) is 17.8. The van der Waals surface area contributed by atoms with Gasteiger partial charge in [-0.1, -0.05) is 121 Å². The molecule has 318 valence electrons. The zero-order valence-corrected chi connectivity index (χ0v) is 35.9. The van der Waals surface area contributed by atoms with E-state index in [2.05, 4.69) is 12.2 Å². The van der Waals surface area contributed by atoms with Crippen molar-refractivity contribution in [3.8, 4) is 5.75 Å². The van der Waals surface area contributed by atoms with Crippen molar-refractivity contribution in [1.29, 1.82) is 0 Å². The summed E-state index contributed by atoms with van der Waals surface area (Å²) >= 11 is 0. The normalized spacial score (nSPS) is 13.2. The van der Waals surface area contributed by atoms with Crippen LogP contribution in [0.25, 0.3) is 10.8 Å². The molecule has 1 unspecified atom stereocenters. The molecular weight excluding hydrogens is 735 g/mol. The van der Waals surface area contributed by atoms with Crippen molar-refractivity contribution in [2.24, 2.45) is 0 Å². The lowest BCUT2D eigenvalue weighted by molar-refractivity contribution is -0.870. The van der Waals surface area contributed by atoms with Gasteiger partial charge in [0.2, 0.25) is 5.91 Å². The number of ether oxygens (including phenoxy) is 3. The number of nitrogens with zero attached hydrogens (tertiary/aromatic N) is 1. The number of amides is 1. The lowest BCUT2D eigenvalue weighted by atomic mass is 10.0. The average Bonchev–Trinajstić information content (AvgIpc) is 3.15. The number of unbranched alkanes of at least 4 members (excludes halogenated alkanes) is 14. The summed E-state index contributed by atoms with van der Waals surface area (Å²) in [5, 5.41) is 4.76. The first kappa shape index (κ1) is 49.1. The number of phosphoric ester groups is 1. The number of phosphoric acid groups is 1. The predicted molar refractivity (Wildman–Crippen MR) is 219 cm³/mol. The Morgan fingerprint density at radius 2 is 1.38 bits per heavy atom. The molecule has 2 atom stereocenters. The molecule has 13 heteroatoms. The largest absolute Gasteiger partial charge is 0.756 e. The SMILES string of the molecule is CCCCCCCCCCCCCCCCCC(=O)OC[C@H](COP(=O)([O-])OCC[N+](C)(C)C)OC(=O)CCCNC(=O)Cc1cccc2cc(OC)ccc12. The average molecular weight is 807 g/mol. The van der Waals surface area contributed by atoms with Crippen molar-refractivity contribution in [2.45, 2.75) is 135 Å². The molecule has 0 bridgehead atoms. The van der Waals surface area contributed by atoms with Gasteiger partial charge in [-0.25, -0.2) is 0 Å². The monoisotopic (exact) mass is 806 g/mol. The van der Waals surface area contributed by atoms with Gasteiger partial charge in [0.15, 0.2) is 6.10 Å². The van der Waals surface area contributed by atoms with Crippen molar-refractivity contribution >= 4 is 36.4 Å². The third kappa shape index (κ3) is 23.9. The summed E-state index contributed by atoms with van der Waals surface area (Å²) in [5.41, 5.74) is 0.871. The summed E-state index contributed by atoms with van der Waals surface area (Å²) in [6.45, 7) is 1.92. The lowest BCUT2D eigenvalue weighted by Gasteiger charge is -2.28. The topological polar surface area (TPSA) is 150 Å². The first-order valence-corrected chi connectivity index (χ1v) is 22.4. The minimum Gasteiger partial charge on any atom is -0.756 e. The second kappa shape index (κ2) is 28.4. The van der Waals surface area contributed by atoms with Crippen LogP contribution in [0.15, 0.2) is 36.4 Å². The Hall–Kier alpha value is -3.02. The Morgan fingerprint density at radius 3 is 1.98 bits per heavy atom. The van der Waals surface area contributed by atoms with E-state index in [1.165, 1.54) is 70.6 Å². The number of likely N-dealkylation sites (N-methyl/N-ethyl adjacent to an activating group) is 1. The van der Waals surface area contributed by atoms with Crippen LogP contribution in [0, 0.1) is 0 Å². The number of fused-ring (bicyclic) bond motifs is 1. The Kier molecular flexibility index (Phi) is 24.9. The predicted octanol–water partition coefficient (Wildman–Crippen LogP) is 8.21. The minimum atomic E-state index is -4.70. The Balaban J connectivity index is 1.72. The molecule has 0 fully saturated rings. The Bertz CT molecular complexity index is 1460. The van der Waals surface area contributed by atoms with E-state index in [0.717, 1.165) is 41.3 Å². The van der Waals surface area contributed by atoms with Crippen molar-refractivity contribution in [2.75, 3.05) is 61.2 Å². The van der Waals surface area contributed by atoms with Gasteiger partial charge in [0.25, 0.3) is 7.82 Å². The number of rotatable bonds is 33. The molecule has 0 spiro atoms. The van der Waals surface area contributed by atoms with Gasteiger partial charge >= 0.3 is 11.9 Å². The summed E-state index contributed by atoms with van der Waals surface area (Å²) in [5.74, 6) is -0.538. The summed E-state index contributed by atoms with van der Waals surface area (Å²) < 4.78 is 39.0. The molecule has 1 amide bonds. The van der Waals surface area contributed by atoms with Crippen LogP contribution in [0.3, 0.4) is 0 Å². The van der Waals surface area contributed by atoms with Crippen LogP contribution in [-0.4, -0.2) is 89.6 Å². The molecule has 0 saturated heterocycles. The molecule has 56 heavy (non-hydrogen) atoms. The quantitative estimate of drug-likeness (QED) is 0.0324. The highest BCUT2D eigenvalue weighted by Crippen LogP contribution is 2.38. The lowest BCUT2D eigenvalue weighted by Crippen LogP contribution is -2.37. The van der Waals surface area contributed by atoms with E-state index in [4.69, 9.17) is 23.3 Å². The van der Waals surface area contributed by atoms with Crippen LogP contribution < -0.4 is 14.9 Å². The van der Waals surface area contributed by atoms with E-state index in [9.17, 15) is 23.8 Å². The van der Waals surface area contributed by atoms with Crippen molar-refractivity contribution < 1.29 is 51.6 Å². The van der Waals surface area contributed by atoms with Crippen LogP contribution in [0.2, 0.25) is 0 Å². The molecule has 2 aromatic carbocycles. The molecular formula is C43H71N2O10P. The molecule has 1 N–H and O–H groups in total. The number of carbonyl (C=O) groups excluding carboxylic acids is 3. The number of benzene rings is 2. The highest BCUT2D eigenvalue weighted by Gasteiger charge is 2.22. The molecule has 0 aliphatic rings. The van der Waals surface area contributed by atoms with E-state index in [-0.39, 0.29) is 51.3 Å². The highest BCUT2D eigenvalue weighted by atomic mass is 31.2. The summed E-state index contributed by atoms with van der Waals surface area (Å²) in [4.78, 5) is 50.4. The first-order chi connectivity index (χ1) is 26.8. The smallest absolute Gasteiger partial charge is 0.306 e. The molecule has 0 saturated carbocycles. The van der Waals surface area contributed by atoms with Gasteiger partial charge in [0.05, 0.1) is 41.3 Å². The van der Waals surface area contributed by atoms with E-state index in [1.807, 2.05) is 57.5 Å². The van der Waals surface area contributed by atoms with Gasteiger partial charge in [-0.15, -0.1) is 0 Å². The number of hydrogen-bond acceptors (Lipinski definition) is 10. The van der Waals surface area contributed by atoms with Gasteiger partial charge in [0.1, 0.15) is 25.5 Å². The van der Waals surface area contributed by atoms with Crippen molar-refractivity contribution in [3.63, 3.8) is 0 Å². The number of esters is 2. The van der Waals surface area contributed by atoms with Gasteiger partial charge in [-0.2, -0.15) is 0 Å². The van der Waals surface area contributed by atoms with E-state index in [1.54, 1.807) is 7.11 Å². The zero-order valence-electron chi connectivity index (χ0n) is 35.0. The highest BCUT2D eigenvalue weighted by molar-refractivity contribution is 7.45. The third-order valence-corrected chi connectivity index (χ3v) is 10.5. The number of nitrogens with one attached hydrogen (secondary N) is 1. The fourth-order valence-electron chi connectivity index (χ4n) is 6.20. The maximum Gasteiger partial charge on any atom is 0.306 e. The maximum atomic E-state index is 12.7. The molecule has 0 aromatic heterocycles. The van der Waals surface area contributed by atoms with Crippen molar-refractivity contribution in [3.05, 3.63) is 42.0 Å².